The van der Waals surface area contributed by atoms with E-state index in [-0.39, 0.29) is 11.5 Å². The molecule has 1 saturated heterocycles. The second-order valence-electron chi connectivity index (χ2n) is 5.58. The number of nitrogens with zero attached hydrogens (tertiary/aromatic N) is 1. The predicted molar refractivity (Wildman–Crippen MR) is 72.8 cm³/mol. The largest absolute Gasteiger partial charge is 0.391 e. The first-order valence-electron chi connectivity index (χ1n) is 6.10. The molecule has 1 aromatic carbocycles. The number of hydrogen-bond acceptors (Lipinski definition) is 2. The van der Waals surface area contributed by atoms with Crippen molar-refractivity contribution in [3.05, 3.63) is 28.8 Å². The lowest BCUT2D eigenvalue weighted by molar-refractivity contribution is 0.0351. The van der Waals surface area contributed by atoms with Crippen LogP contribution in [-0.2, 0) is 0 Å². The van der Waals surface area contributed by atoms with Gasteiger partial charge in [0.1, 0.15) is 0 Å². The van der Waals surface area contributed by atoms with Crippen LogP contribution in [0.1, 0.15) is 25.8 Å². The maximum atomic E-state index is 10.2. The van der Waals surface area contributed by atoms with E-state index in [1.54, 1.807) is 0 Å². The summed E-state index contributed by atoms with van der Waals surface area (Å²) in [5.74, 6) is 0. The first kappa shape index (κ1) is 12.7. The number of halogens is 1. The molecule has 3 heteroatoms. The summed E-state index contributed by atoms with van der Waals surface area (Å²) >= 11 is 6.14. The van der Waals surface area contributed by atoms with Crippen molar-refractivity contribution >= 4 is 17.3 Å². The van der Waals surface area contributed by atoms with E-state index >= 15 is 0 Å². The van der Waals surface area contributed by atoms with E-state index in [0.29, 0.717) is 6.54 Å². The quantitative estimate of drug-likeness (QED) is 0.831. The van der Waals surface area contributed by atoms with Crippen molar-refractivity contribution in [3.63, 3.8) is 0 Å². The normalized spacial score (nSPS) is 23.8. The van der Waals surface area contributed by atoms with Gasteiger partial charge in [-0.2, -0.15) is 0 Å². The van der Waals surface area contributed by atoms with Gasteiger partial charge in [-0.3, -0.25) is 0 Å². The Bertz CT molecular complexity index is 417. The van der Waals surface area contributed by atoms with Crippen LogP contribution in [0.4, 0.5) is 5.69 Å². The lowest BCUT2D eigenvalue weighted by Crippen LogP contribution is -2.48. The highest BCUT2D eigenvalue weighted by Gasteiger charge is 2.34. The van der Waals surface area contributed by atoms with Gasteiger partial charge in [0, 0.05) is 23.8 Å². The van der Waals surface area contributed by atoms with E-state index in [9.17, 15) is 5.11 Å². The molecule has 2 rings (SSSR count). The van der Waals surface area contributed by atoms with Crippen LogP contribution in [0.5, 0.6) is 0 Å². The van der Waals surface area contributed by atoms with Gasteiger partial charge in [-0.25, -0.2) is 0 Å². The Labute approximate surface area is 108 Å². The first-order valence-corrected chi connectivity index (χ1v) is 6.48. The molecule has 1 aliphatic heterocycles. The van der Waals surface area contributed by atoms with Crippen molar-refractivity contribution in [1.82, 2.24) is 0 Å². The minimum atomic E-state index is -0.283. The van der Waals surface area contributed by atoms with Crippen molar-refractivity contribution in [2.24, 2.45) is 5.41 Å². The molecule has 1 atom stereocenters. The Morgan fingerprint density at radius 2 is 2.12 bits per heavy atom. The molecule has 17 heavy (non-hydrogen) atoms. The van der Waals surface area contributed by atoms with Crippen molar-refractivity contribution in [3.8, 4) is 0 Å². The molecule has 1 fully saturated rings. The van der Waals surface area contributed by atoms with Crippen LogP contribution in [0.25, 0.3) is 0 Å². The Balaban J connectivity index is 2.23. The molecule has 0 bridgehead atoms. The molecule has 1 N–H and O–H groups in total. The zero-order valence-corrected chi connectivity index (χ0v) is 11.5. The van der Waals surface area contributed by atoms with Crippen molar-refractivity contribution in [1.29, 1.82) is 0 Å². The maximum absolute atomic E-state index is 10.2. The van der Waals surface area contributed by atoms with Crippen LogP contribution < -0.4 is 4.90 Å². The number of rotatable bonds is 1. The maximum Gasteiger partial charge on any atom is 0.0766 e. The summed E-state index contributed by atoms with van der Waals surface area (Å²) in [4.78, 5) is 2.23. The SMILES string of the molecule is Cc1c(Cl)cccc1N1CCC(C)(C)C(O)C1. The highest BCUT2D eigenvalue weighted by Crippen LogP contribution is 2.35. The van der Waals surface area contributed by atoms with Gasteiger partial charge in [-0.15, -0.1) is 0 Å². The molecule has 0 saturated carbocycles. The molecule has 2 nitrogen and oxygen atoms in total. The molecule has 1 heterocycles. The standard InChI is InChI=1S/C14H20ClNO/c1-10-11(15)5-4-6-12(10)16-8-7-14(2,3)13(17)9-16/h4-6,13,17H,7-9H2,1-3H3. The molecule has 1 aliphatic rings. The van der Waals surface area contributed by atoms with E-state index in [0.717, 1.165) is 29.2 Å². The van der Waals surface area contributed by atoms with Crippen LogP contribution in [0.2, 0.25) is 5.02 Å². The topological polar surface area (TPSA) is 23.5 Å². The zero-order chi connectivity index (χ0) is 12.6. The number of β-amino-alcohol motifs (C(OH)–C–C–N with tert-alkyl or cyclic N) is 1. The molecule has 1 aromatic rings. The molecular weight excluding hydrogens is 234 g/mol. The highest BCUT2D eigenvalue weighted by molar-refractivity contribution is 6.31. The number of aliphatic hydroxyl groups excluding tert-OH is 1. The Hall–Kier alpha value is -0.730. The first-order chi connectivity index (χ1) is 7.92. The van der Waals surface area contributed by atoms with E-state index in [2.05, 4.69) is 24.8 Å². The number of piperidine rings is 1. The molecule has 0 aliphatic carbocycles. The number of anilines is 1. The number of benzene rings is 1. The van der Waals surface area contributed by atoms with Gasteiger partial charge in [-0.1, -0.05) is 31.5 Å². The van der Waals surface area contributed by atoms with Crippen molar-refractivity contribution in [2.45, 2.75) is 33.3 Å². The third-order valence-corrected chi connectivity index (χ3v) is 4.31. The summed E-state index contributed by atoms with van der Waals surface area (Å²) in [5, 5.41) is 10.9. The van der Waals surface area contributed by atoms with E-state index in [4.69, 9.17) is 11.6 Å². The molecule has 0 radical (unpaired) electrons. The van der Waals surface area contributed by atoms with E-state index < -0.39 is 0 Å². The summed E-state index contributed by atoms with van der Waals surface area (Å²) < 4.78 is 0. The molecule has 1 unspecified atom stereocenters. The molecular formula is C14H20ClNO. The third kappa shape index (κ3) is 2.43. The zero-order valence-electron chi connectivity index (χ0n) is 10.7. The summed E-state index contributed by atoms with van der Waals surface area (Å²) in [6.45, 7) is 7.95. The van der Waals surface area contributed by atoms with Gasteiger partial charge >= 0.3 is 0 Å². The Kier molecular flexibility index (Phi) is 3.37. The lowest BCUT2D eigenvalue weighted by Gasteiger charge is -2.42. The van der Waals surface area contributed by atoms with Crippen LogP contribution in [-0.4, -0.2) is 24.3 Å². The van der Waals surface area contributed by atoms with Gasteiger partial charge < -0.3 is 10.0 Å². The fourth-order valence-corrected chi connectivity index (χ4v) is 2.46. The average Bonchev–Trinajstić information content (AvgIpc) is 2.26. The van der Waals surface area contributed by atoms with Crippen LogP contribution in [0.15, 0.2) is 18.2 Å². The number of aliphatic hydroxyl groups is 1. The summed E-state index contributed by atoms with van der Waals surface area (Å²) in [5.41, 5.74) is 2.26. The van der Waals surface area contributed by atoms with Gasteiger partial charge in [-0.05, 0) is 36.5 Å². The van der Waals surface area contributed by atoms with E-state index in [1.165, 1.54) is 0 Å². The Morgan fingerprint density at radius 3 is 2.76 bits per heavy atom. The average molecular weight is 254 g/mol. The second kappa shape index (κ2) is 4.51. The highest BCUT2D eigenvalue weighted by atomic mass is 35.5. The third-order valence-electron chi connectivity index (χ3n) is 3.90. The minimum absolute atomic E-state index is 0.0168. The second-order valence-corrected chi connectivity index (χ2v) is 5.99. The van der Waals surface area contributed by atoms with Gasteiger partial charge in [0.15, 0.2) is 0 Å². The fourth-order valence-electron chi connectivity index (χ4n) is 2.29. The molecule has 0 spiro atoms. The van der Waals surface area contributed by atoms with E-state index in [1.807, 2.05) is 19.1 Å². The monoisotopic (exact) mass is 253 g/mol. The summed E-state index contributed by atoms with van der Waals surface area (Å²) in [7, 11) is 0. The van der Waals surface area contributed by atoms with Gasteiger partial charge in [0.05, 0.1) is 6.10 Å². The van der Waals surface area contributed by atoms with Gasteiger partial charge in [0.2, 0.25) is 0 Å². The lowest BCUT2D eigenvalue weighted by atomic mass is 9.80. The Morgan fingerprint density at radius 1 is 1.41 bits per heavy atom. The molecule has 0 amide bonds. The van der Waals surface area contributed by atoms with Crippen LogP contribution in [0, 0.1) is 12.3 Å². The van der Waals surface area contributed by atoms with Gasteiger partial charge in [0.25, 0.3) is 0 Å². The van der Waals surface area contributed by atoms with Crippen LogP contribution in [0.3, 0.4) is 0 Å². The fraction of sp³-hybridized carbons (Fsp3) is 0.571. The van der Waals surface area contributed by atoms with Crippen LogP contribution >= 0.6 is 11.6 Å². The predicted octanol–water partition coefficient (Wildman–Crippen LogP) is 3.25. The number of hydrogen-bond donors (Lipinski definition) is 1. The smallest absolute Gasteiger partial charge is 0.0766 e. The van der Waals surface area contributed by atoms with Crippen molar-refractivity contribution in [2.75, 3.05) is 18.0 Å². The van der Waals surface area contributed by atoms with Crippen molar-refractivity contribution < 1.29 is 5.11 Å². The summed E-state index contributed by atoms with van der Waals surface area (Å²) in [6, 6.07) is 5.95. The summed E-state index contributed by atoms with van der Waals surface area (Å²) in [6.07, 6.45) is 0.717. The minimum Gasteiger partial charge on any atom is -0.391 e. The molecule has 94 valence electrons. The molecule has 0 aromatic heterocycles.